The Balaban J connectivity index is 1.70. The van der Waals surface area contributed by atoms with Crippen molar-refractivity contribution in [2.24, 2.45) is 0 Å². The van der Waals surface area contributed by atoms with E-state index < -0.39 is 5.60 Å². The fraction of sp³-hybridized carbons (Fsp3) is 0.611. The summed E-state index contributed by atoms with van der Waals surface area (Å²) in [5.41, 5.74) is -0.459. The minimum absolute atomic E-state index is 0.145. The predicted molar refractivity (Wildman–Crippen MR) is 103 cm³/mol. The van der Waals surface area contributed by atoms with Crippen LogP contribution in [0.5, 0.6) is 5.75 Å². The van der Waals surface area contributed by atoms with Crippen LogP contribution in [0.4, 0.5) is 4.79 Å². The SMILES string of the molecule is CC(C)(C)OC(=O)N[C@H]1CCCN(CCOc2ccc(I)cc2)C1. The predicted octanol–water partition coefficient (Wildman–Crippen LogP) is 3.66. The van der Waals surface area contributed by atoms with Gasteiger partial charge in [0, 0.05) is 22.7 Å². The molecule has 0 bridgehead atoms. The second-order valence-electron chi connectivity index (χ2n) is 7.09. The van der Waals surface area contributed by atoms with Crippen LogP contribution in [0.15, 0.2) is 24.3 Å². The molecule has 0 radical (unpaired) electrons. The summed E-state index contributed by atoms with van der Waals surface area (Å²) in [6, 6.07) is 8.21. The molecule has 24 heavy (non-hydrogen) atoms. The molecule has 1 aromatic carbocycles. The van der Waals surface area contributed by atoms with Crippen LogP contribution in [-0.2, 0) is 4.74 Å². The fourth-order valence-corrected chi connectivity index (χ4v) is 3.03. The second-order valence-corrected chi connectivity index (χ2v) is 8.33. The van der Waals surface area contributed by atoms with E-state index in [2.05, 4.69) is 32.8 Å². The molecule has 0 aliphatic carbocycles. The van der Waals surface area contributed by atoms with Gasteiger partial charge < -0.3 is 14.8 Å². The number of hydrogen-bond donors (Lipinski definition) is 1. The molecule has 134 valence electrons. The van der Waals surface area contributed by atoms with Crippen LogP contribution >= 0.6 is 22.6 Å². The lowest BCUT2D eigenvalue weighted by Crippen LogP contribution is -2.49. The maximum atomic E-state index is 11.9. The summed E-state index contributed by atoms with van der Waals surface area (Å²) in [6.45, 7) is 9.03. The molecule has 0 unspecified atom stereocenters. The van der Waals surface area contributed by atoms with Crippen LogP contribution in [0.25, 0.3) is 0 Å². The Kier molecular flexibility index (Phi) is 7.16. The number of alkyl carbamates (subject to hydrolysis) is 1. The number of piperidine rings is 1. The van der Waals surface area contributed by atoms with Gasteiger partial charge in [-0.2, -0.15) is 0 Å². The van der Waals surface area contributed by atoms with Gasteiger partial charge >= 0.3 is 6.09 Å². The van der Waals surface area contributed by atoms with Crippen LogP contribution in [0.2, 0.25) is 0 Å². The second kappa shape index (κ2) is 8.89. The Labute approximate surface area is 158 Å². The molecule has 0 spiro atoms. The lowest BCUT2D eigenvalue weighted by molar-refractivity contribution is 0.0469. The summed E-state index contributed by atoms with van der Waals surface area (Å²) in [4.78, 5) is 14.2. The van der Waals surface area contributed by atoms with Gasteiger partial charge in [-0.3, -0.25) is 4.90 Å². The van der Waals surface area contributed by atoms with Crippen molar-refractivity contribution in [2.75, 3.05) is 26.2 Å². The van der Waals surface area contributed by atoms with Crippen molar-refractivity contribution in [3.8, 4) is 5.75 Å². The summed E-state index contributed by atoms with van der Waals surface area (Å²) in [5, 5.41) is 2.98. The first kappa shape index (κ1) is 19.3. The van der Waals surface area contributed by atoms with E-state index in [1.807, 2.05) is 45.0 Å². The first-order valence-electron chi connectivity index (χ1n) is 8.42. The molecular weight excluding hydrogens is 419 g/mol. The van der Waals surface area contributed by atoms with Gasteiger partial charge in [0.2, 0.25) is 0 Å². The molecule has 2 rings (SSSR count). The average Bonchev–Trinajstić information content (AvgIpc) is 2.48. The van der Waals surface area contributed by atoms with Crippen LogP contribution < -0.4 is 10.1 Å². The zero-order chi connectivity index (χ0) is 17.6. The highest BCUT2D eigenvalue weighted by atomic mass is 127. The fourth-order valence-electron chi connectivity index (χ4n) is 2.67. The molecule has 1 aliphatic heterocycles. The van der Waals surface area contributed by atoms with Gasteiger partial charge in [-0.05, 0) is 87.0 Å². The van der Waals surface area contributed by atoms with E-state index >= 15 is 0 Å². The molecule has 1 N–H and O–H groups in total. The van der Waals surface area contributed by atoms with E-state index in [0.717, 1.165) is 38.2 Å². The van der Waals surface area contributed by atoms with Crippen molar-refractivity contribution in [1.82, 2.24) is 10.2 Å². The van der Waals surface area contributed by atoms with Crippen molar-refractivity contribution in [1.29, 1.82) is 0 Å². The monoisotopic (exact) mass is 446 g/mol. The number of ether oxygens (including phenoxy) is 2. The van der Waals surface area contributed by atoms with Gasteiger partial charge in [-0.15, -0.1) is 0 Å². The number of benzene rings is 1. The van der Waals surface area contributed by atoms with Crippen molar-refractivity contribution in [3.63, 3.8) is 0 Å². The standard InChI is InChI=1S/C18H27IN2O3/c1-18(2,3)24-17(22)20-15-5-4-10-21(13-15)11-12-23-16-8-6-14(19)7-9-16/h6-9,15H,4-5,10-13H2,1-3H3,(H,20,22)/t15-/m0/s1. The van der Waals surface area contributed by atoms with Gasteiger partial charge in [0.25, 0.3) is 0 Å². The average molecular weight is 446 g/mol. The smallest absolute Gasteiger partial charge is 0.407 e. The number of carbonyl (C=O) groups excluding carboxylic acids is 1. The molecule has 1 aliphatic rings. The topological polar surface area (TPSA) is 50.8 Å². The molecule has 0 saturated carbocycles. The van der Waals surface area contributed by atoms with Crippen molar-refractivity contribution < 1.29 is 14.3 Å². The van der Waals surface area contributed by atoms with E-state index in [0.29, 0.717) is 6.61 Å². The van der Waals surface area contributed by atoms with Crippen LogP contribution in [0.3, 0.4) is 0 Å². The van der Waals surface area contributed by atoms with Crippen molar-refractivity contribution in [3.05, 3.63) is 27.8 Å². The Morgan fingerprint density at radius 1 is 1.33 bits per heavy atom. The van der Waals surface area contributed by atoms with E-state index in [1.165, 1.54) is 3.57 Å². The zero-order valence-electron chi connectivity index (χ0n) is 14.7. The molecule has 1 aromatic rings. The molecule has 5 nitrogen and oxygen atoms in total. The summed E-state index contributed by atoms with van der Waals surface area (Å²) >= 11 is 2.28. The maximum Gasteiger partial charge on any atom is 0.407 e. The number of halogens is 1. The maximum absolute atomic E-state index is 11.9. The van der Waals surface area contributed by atoms with E-state index in [9.17, 15) is 4.79 Å². The first-order chi connectivity index (χ1) is 11.3. The van der Waals surface area contributed by atoms with E-state index in [4.69, 9.17) is 9.47 Å². The summed E-state index contributed by atoms with van der Waals surface area (Å²) in [7, 11) is 0. The number of likely N-dealkylation sites (tertiary alicyclic amines) is 1. The quantitative estimate of drug-likeness (QED) is 0.702. The highest BCUT2D eigenvalue weighted by Crippen LogP contribution is 2.15. The summed E-state index contributed by atoms with van der Waals surface area (Å²) in [6.07, 6.45) is 1.74. The molecule has 0 aromatic heterocycles. The normalized spacial score (nSPS) is 18.9. The minimum Gasteiger partial charge on any atom is -0.492 e. The third-order valence-corrected chi connectivity index (χ3v) is 4.44. The van der Waals surface area contributed by atoms with Crippen LogP contribution in [0.1, 0.15) is 33.6 Å². The van der Waals surface area contributed by atoms with Gasteiger partial charge in [0.15, 0.2) is 0 Å². The number of amides is 1. The molecule has 6 heteroatoms. The summed E-state index contributed by atoms with van der Waals surface area (Å²) < 4.78 is 12.3. The van der Waals surface area contributed by atoms with Gasteiger partial charge in [0.05, 0.1) is 0 Å². The molecule has 1 amide bonds. The third kappa shape index (κ3) is 7.25. The number of rotatable bonds is 5. The number of nitrogens with one attached hydrogen (secondary N) is 1. The van der Waals surface area contributed by atoms with Crippen LogP contribution in [0, 0.1) is 3.57 Å². The van der Waals surface area contributed by atoms with Gasteiger partial charge in [-0.1, -0.05) is 0 Å². The lowest BCUT2D eigenvalue weighted by Gasteiger charge is -2.33. The molecule has 1 fully saturated rings. The highest BCUT2D eigenvalue weighted by Gasteiger charge is 2.24. The van der Waals surface area contributed by atoms with E-state index in [-0.39, 0.29) is 12.1 Å². The molecule has 1 atom stereocenters. The number of hydrogen-bond acceptors (Lipinski definition) is 4. The third-order valence-electron chi connectivity index (χ3n) is 3.72. The Morgan fingerprint density at radius 3 is 2.71 bits per heavy atom. The van der Waals surface area contributed by atoms with Gasteiger partial charge in [-0.25, -0.2) is 4.79 Å². The van der Waals surface area contributed by atoms with E-state index in [1.54, 1.807) is 0 Å². The van der Waals surface area contributed by atoms with Crippen molar-refractivity contribution in [2.45, 2.75) is 45.3 Å². The lowest BCUT2D eigenvalue weighted by atomic mass is 10.1. The molecule has 1 heterocycles. The molecule has 1 saturated heterocycles. The number of nitrogens with zero attached hydrogens (tertiary/aromatic N) is 1. The van der Waals surface area contributed by atoms with Crippen molar-refractivity contribution >= 4 is 28.7 Å². The highest BCUT2D eigenvalue weighted by molar-refractivity contribution is 14.1. The Bertz CT molecular complexity index is 528. The zero-order valence-corrected chi connectivity index (χ0v) is 16.8. The molecular formula is C18H27IN2O3. The minimum atomic E-state index is -0.459. The van der Waals surface area contributed by atoms with Crippen LogP contribution in [-0.4, -0.2) is 48.9 Å². The van der Waals surface area contributed by atoms with Gasteiger partial charge in [0.1, 0.15) is 18.0 Å². The summed E-state index contributed by atoms with van der Waals surface area (Å²) in [5.74, 6) is 0.899. The Morgan fingerprint density at radius 2 is 2.04 bits per heavy atom. The largest absolute Gasteiger partial charge is 0.492 e. The number of carbonyl (C=O) groups is 1. The first-order valence-corrected chi connectivity index (χ1v) is 9.50. The Hall–Kier alpha value is -1.02.